The fraction of sp³-hybridized carbons (Fsp3) is 0.368. The maximum atomic E-state index is 12.5. The van der Waals surface area contributed by atoms with E-state index in [4.69, 9.17) is 21.1 Å². The molecule has 1 aliphatic heterocycles. The van der Waals surface area contributed by atoms with Crippen LogP contribution in [0.4, 0.5) is 0 Å². The lowest BCUT2D eigenvalue weighted by Crippen LogP contribution is -2.60. The van der Waals surface area contributed by atoms with E-state index in [0.29, 0.717) is 10.0 Å². The minimum atomic E-state index is -1.87. The molecule has 1 heterocycles. The molecule has 0 radical (unpaired) electrons. The standard InChI is InChI=1S/C19H20ClN3O9/c1-4-21-5-6-22(18(28)17(21)27)23(9-24)16(19(29)30)12-7-14(31-10(2)25)15(8-13(12)20)32-11(3)26/h7-9,16H,4-6H2,1-3H3,(H,29,30). The second-order valence-corrected chi connectivity index (χ2v) is 6.95. The number of piperazine rings is 1. The highest BCUT2D eigenvalue weighted by Crippen LogP contribution is 2.38. The van der Waals surface area contributed by atoms with Gasteiger partial charge in [0.25, 0.3) is 0 Å². The number of hydrogen-bond acceptors (Lipinski definition) is 8. The Labute approximate surface area is 187 Å². The van der Waals surface area contributed by atoms with Crippen LogP contribution in [0.2, 0.25) is 5.02 Å². The number of rotatable bonds is 8. The zero-order valence-electron chi connectivity index (χ0n) is 17.4. The van der Waals surface area contributed by atoms with Gasteiger partial charge in [-0.05, 0) is 13.0 Å². The summed E-state index contributed by atoms with van der Waals surface area (Å²) in [7, 11) is 0. The van der Waals surface area contributed by atoms with E-state index < -0.39 is 35.8 Å². The SMILES string of the molecule is CCN1CCN(N(C=O)C(C(=O)O)c2cc(OC(C)=O)c(OC(C)=O)cc2Cl)C(=O)C1=O. The molecule has 1 fully saturated rings. The largest absolute Gasteiger partial charge is 0.479 e. The average molecular weight is 470 g/mol. The number of aliphatic carboxylic acids is 1. The van der Waals surface area contributed by atoms with Gasteiger partial charge in [-0.3, -0.25) is 24.0 Å². The molecular weight excluding hydrogens is 450 g/mol. The van der Waals surface area contributed by atoms with Crippen LogP contribution in [-0.4, -0.2) is 75.8 Å². The molecule has 12 nitrogen and oxygen atoms in total. The minimum absolute atomic E-state index is 0.0768. The van der Waals surface area contributed by atoms with Crippen molar-refractivity contribution in [2.24, 2.45) is 0 Å². The molecule has 1 N–H and O–H groups in total. The van der Waals surface area contributed by atoms with E-state index in [-0.39, 0.29) is 48.1 Å². The van der Waals surface area contributed by atoms with Crippen LogP contribution < -0.4 is 9.47 Å². The van der Waals surface area contributed by atoms with Crippen molar-refractivity contribution in [1.82, 2.24) is 14.9 Å². The van der Waals surface area contributed by atoms with Crippen LogP contribution in [0.15, 0.2) is 12.1 Å². The highest BCUT2D eigenvalue weighted by Gasteiger charge is 2.41. The third-order valence-electron chi connectivity index (χ3n) is 4.42. The number of amides is 3. The monoisotopic (exact) mass is 469 g/mol. The van der Waals surface area contributed by atoms with E-state index in [1.54, 1.807) is 6.92 Å². The number of ether oxygens (including phenoxy) is 2. The van der Waals surface area contributed by atoms with Crippen LogP contribution in [0.3, 0.4) is 0 Å². The summed E-state index contributed by atoms with van der Waals surface area (Å²) in [4.78, 5) is 72.7. The first-order valence-corrected chi connectivity index (χ1v) is 9.66. The molecule has 13 heteroatoms. The number of halogens is 1. The summed E-state index contributed by atoms with van der Waals surface area (Å²) in [5, 5.41) is 10.8. The number of carboxylic acids is 1. The van der Waals surface area contributed by atoms with Gasteiger partial charge >= 0.3 is 29.7 Å². The van der Waals surface area contributed by atoms with E-state index in [2.05, 4.69) is 0 Å². The molecule has 0 bridgehead atoms. The molecule has 0 spiro atoms. The highest BCUT2D eigenvalue weighted by molar-refractivity contribution is 6.35. The summed E-state index contributed by atoms with van der Waals surface area (Å²) in [5.41, 5.74) is -0.253. The summed E-state index contributed by atoms with van der Waals surface area (Å²) in [6.45, 7) is 4.02. The molecule has 2 rings (SSSR count). The number of carbonyl (C=O) groups excluding carboxylic acids is 5. The van der Waals surface area contributed by atoms with Crippen molar-refractivity contribution in [3.05, 3.63) is 22.7 Å². The zero-order chi connectivity index (χ0) is 24.2. The van der Waals surface area contributed by atoms with Crippen LogP contribution in [0, 0.1) is 0 Å². The van der Waals surface area contributed by atoms with E-state index in [1.807, 2.05) is 0 Å². The lowest BCUT2D eigenvalue weighted by atomic mass is 10.1. The lowest BCUT2D eigenvalue weighted by Gasteiger charge is -2.40. The van der Waals surface area contributed by atoms with Crippen molar-refractivity contribution in [3.63, 3.8) is 0 Å². The lowest BCUT2D eigenvalue weighted by molar-refractivity contribution is -0.180. The Balaban J connectivity index is 2.57. The normalized spacial score (nSPS) is 14.6. The van der Waals surface area contributed by atoms with E-state index in [0.717, 1.165) is 26.0 Å². The third-order valence-corrected chi connectivity index (χ3v) is 4.75. The van der Waals surface area contributed by atoms with Crippen molar-refractivity contribution in [2.45, 2.75) is 26.8 Å². The number of esters is 2. The first-order chi connectivity index (χ1) is 15.0. The summed E-state index contributed by atoms with van der Waals surface area (Å²) < 4.78 is 9.92. The number of nitrogens with zero attached hydrogens (tertiary/aromatic N) is 3. The van der Waals surface area contributed by atoms with Gasteiger partial charge in [-0.2, -0.15) is 0 Å². The van der Waals surface area contributed by atoms with E-state index in [9.17, 15) is 33.9 Å². The molecule has 1 aromatic carbocycles. The number of hydrogen-bond donors (Lipinski definition) is 1. The Hall–Kier alpha value is -3.67. The fourth-order valence-electron chi connectivity index (χ4n) is 3.06. The van der Waals surface area contributed by atoms with Crippen molar-refractivity contribution < 1.29 is 43.3 Å². The zero-order valence-corrected chi connectivity index (χ0v) is 18.1. The number of hydrazine groups is 1. The Morgan fingerprint density at radius 1 is 1.12 bits per heavy atom. The molecule has 1 unspecified atom stereocenters. The first-order valence-electron chi connectivity index (χ1n) is 9.29. The van der Waals surface area contributed by atoms with Crippen molar-refractivity contribution in [3.8, 4) is 11.5 Å². The van der Waals surface area contributed by atoms with Crippen LogP contribution >= 0.6 is 11.6 Å². The smallest absolute Gasteiger partial charge is 0.333 e. The van der Waals surface area contributed by atoms with Crippen LogP contribution in [0.25, 0.3) is 0 Å². The molecule has 1 saturated heterocycles. The molecule has 1 atom stereocenters. The van der Waals surface area contributed by atoms with Gasteiger partial charge in [-0.15, -0.1) is 0 Å². The molecule has 32 heavy (non-hydrogen) atoms. The van der Waals surface area contributed by atoms with E-state index in [1.165, 1.54) is 4.90 Å². The maximum absolute atomic E-state index is 12.5. The third kappa shape index (κ3) is 5.14. The topological polar surface area (TPSA) is 151 Å². The Kier molecular flexibility index (Phi) is 7.76. The van der Waals surface area contributed by atoms with Gasteiger partial charge in [0.05, 0.1) is 11.6 Å². The number of carbonyl (C=O) groups is 6. The molecule has 0 saturated carbocycles. The van der Waals surface area contributed by atoms with Gasteiger partial charge in [-0.1, -0.05) is 11.6 Å². The quantitative estimate of drug-likeness (QED) is 0.246. The summed E-state index contributed by atoms with van der Waals surface area (Å²) in [6.07, 6.45) is 0.0768. The molecule has 172 valence electrons. The summed E-state index contributed by atoms with van der Waals surface area (Å²) >= 11 is 6.19. The number of likely N-dealkylation sites (N-methyl/N-ethyl adjacent to an activating group) is 1. The summed E-state index contributed by atoms with van der Waals surface area (Å²) in [6, 6.07) is 0.175. The second-order valence-electron chi connectivity index (χ2n) is 6.55. The van der Waals surface area contributed by atoms with Crippen LogP contribution in [-0.2, 0) is 28.8 Å². The van der Waals surface area contributed by atoms with E-state index >= 15 is 0 Å². The van der Waals surface area contributed by atoms with Crippen molar-refractivity contribution >= 4 is 47.7 Å². The average Bonchev–Trinajstić information content (AvgIpc) is 2.70. The maximum Gasteiger partial charge on any atom is 0.333 e. The van der Waals surface area contributed by atoms with Crippen molar-refractivity contribution in [1.29, 1.82) is 0 Å². The minimum Gasteiger partial charge on any atom is -0.479 e. The van der Waals surface area contributed by atoms with Gasteiger partial charge in [0, 0.05) is 38.6 Å². The summed E-state index contributed by atoms with van der Waals surface area (Å²) in [5.74, 6) is -5.73. The van der Waals surface area contributed by atoms with Crippen LogP contribution in [0.1, 0.15) is 32.4 Å². The Bertz CT molecular complexity index is 981. The molecule has 3 amide bonds. The predicted molar refractivity (Wildman–Crippen MR) is 106 cm³/mol. The molecule has 1 aliphatic rings. The second kappa shape index (κ2) is 10.1. The first kappa shape index (κ1) is 24.6. The Morgan fingerprint density at radius 3 is 2.16 bits per heavy atom. The van der Waals surface area contributed by atoms with Crippen molar-refractivity contribution in [2.75, 3.05) is 19.6 Å². The highest BCUT2D eigenvalue weighted by atomic mass is 35.5. The predicted octanol–water partition coefficient (Wildman–Crippen LogP) is 0.380. The Morgan fingerprint density at radius 2 is 1.69 bits per heavy atom. The fourth-order valence-corrected chi connectivity index (χ4v) is 3.32. The van der Waals surface area contributed by atoms with Gasteiger partial charge in [0.2, 0.25) is 6.41 Å². The van der Waals surface area contributed by atoms with Gasteiger partial charge < -0.3 is 19.5 Å². The number of carboxylic acid groups (broad SMARTS) is 1. The molecule has 0 aromatic heterocycles. The number of benzene rings is 1. The molecular formula is C19H20ClN3O9. The van der Waals surface area contributed by atoms with Crippen LogP contribution in [0.5, 0.6) is 11.5 Å². The van der Waals surface area contributed by atoms with Gasteiger partial charge in [0.15, 0.2) is 17.5 Å². The molecule has 0 aliphatic carbocycles. The van der Waals surface area contributed by atoms with Gasteiger partial charge in [-0.25, -0.2) is 14.8 Å². The van der Waals surface area contributed by atoms with Gasteiger partial charge in [0.1, 0.15) is 0 Å². The molecule has 1 aromatic rings.